The van der Waals surface area contributed by atoms with Crippen LogP contribution in [-0.2, 0) is 4.79 Å². The van der Waals surface area contributed by atoms with Crippen molar-refractivity contribution < 1.29 is 23.9 Å². The number of para-hydroxylation sites is 1. The molecule has 0 fully saturated rings. The third kappa shape index (κ3) is 4.06. The molecule has 6 nitrogen and oxygen atoms in total. The van der Waals surface area contributed by atoms with Crippen LogP contribution in [-0.4, -0.2) is 41.3 Å². The van der Waals surface area contributed by atoms with E-state index in [0.717, 1.165) is 4.90 Å². The number of ketones is 1. The molecule has 1 aliphatic rings. The van der Waals surface area contributed by atoms with Gasteiger partial charge in [-0.1, -0.05) is 19.1 Å². The summed E-state index contributed by atoms with van der Waals surface area (Å²) in [6.45, 7) is 5.30. The minimum atomic E-state index is -0.804. The number of hydrogen-bond acceptors (Lipinski definition) is 5. The Morgan fingerprint density at radius 1 is 1.11 bits per heavy atom. The van der Waals surface area contributed by atoms with Gasteiger partial charge in [-0.15, -0.1) is 0 Å². The third-order valence-corrected chi connectivity index (χ3v) is 4.39. The first-order chi connectivity index (χ1) is 13.4. The zero-order chi connectivity index (χ0) is 20.3. The van der Waals surface area contributed by atoms with Crippen LogP contribution >= 0.6 is 0 Å². The van der Waals surface area contributed by atoms with Crippen LogP contribution in [0.1, 0.15) is 47.9 Å². The monoisotopic (exact) mass is 381 g/mol. The quantitative estimate of drug-likeness (QED) is 0.566. The fraction of sp³-hybridized carbons (Fsp3) is 0.318. The number of nitrogens with zero attached hydrogens (tertiary/aromatic N) is 1. The second kappa shape index (κ2) is 8.25. The van der Waals surface area contributed by atoms with Crippen LogP contribution in [0.15, 0.2) is 48.5 Å². The van der Waals surface area contributed by atoms with Crippen molar-refractivity contribution in [1.82, 2.24) is 4.90 Å². The Morgan fingerprint density at radius 2 is 1.79 bits per heavy atom. The Kier molecular flexibility index (Phi) is 5.78. The zero-order valence-electron chi connectivity index (χ0n) is 16.2. The molecular weight excluding hydrogens is 358 g/mol. The van der Waals surface area contributed by atoms with Gasteiger partial charge in [0.1, 0.15) is 11.5 Å². The number of fused-ring (bicyclic) bond motifs is 1. The van der Waals surface area contributed by atoms with E-state index < -0.39 is 17.9 Å². The van der Waals surface area contributed by atoms with E-state index in [4.69, 9.17) is 9.47 Å². The topological polar surface area (TPSA) is 72.9 Å². The Labute approximate surface area is 164 Å². The summed E-state index contributed by atoms with van der Waals surface area (Å²) >= 11 is 0. The van der Waals surface area contributed by atoms with Crippen LogP contribution in [0.2, 0.25) is 0 Å². The Morgan fingerprint density at radius 3 is 2.43 bits per heavy atom. The number of hydrogen-bond donors (Lipinski definition) is 0. The maximum atomic E-state index is 12.9. The minimum absolute atomic E-state index is 0.0277. The lowest BCUT2D eigenvalue weighted by atomic mass is 10.1. The highest BCUT2D eigenvalue weighted by Crippen LogP contribution is 2.26. The average molecular weight is 381 g/mol. The number of ether oxygens (including phenoxy) is 2. The van der Waals surface area contributed by atoms with Crippen molar-refractivity contribution in [2.75, 3.05) is 6.54 Å². The fourth-order valence-corrected chi connectivity index (χ4v) is 3.00. The van der Waals surface area contributed by atoms with Crippen molar-refractivity contribution in [1.29, 1.82) is 0 Å². The van der Waals surface area contributed by atoms with Crippen molar-refractivity contribution in [2.45, 2.75) is 39.4 Å². The summed E-state index contributed by atoms with van der Waals surface area (Å²) in [5.41, 5.74) is 0.684. The summed E-state index contributed by atoms with van der Waals surface area (Å²) in [5.74, 6) is -0.340. The maximum Gasteiger partial charge on any atom is 0.270 e. The molecule has 0 bridgehead atoms. The number of benzene rings is 2. The standard InChI is InChI=1S/C22H23NO5/c1-4-19-22(26)23(21(25)17-7-5-6-8-20(17)28-19)13-18(24)15-9-11-16(12-10-15)27-14(2)3/h5-12,14,19H,4,13H2,1-3H3/t19-/m0/s1. The molecule has 0 spiro atoms. The number of carbonyl (C=O) groups excluding carboxylic acids is 3. The second-order valence-electron chi connectivity index (χ2n) is 6.85. The van der Waals surface area contributed by atoms with Crippen molar-refractivity contribution in [3.8, 4) is 11.5 Å². The van der Waals surface area contributed by atoms with Crippen LogP contribution in [0.25, 0.3) is 0 Å². The van der Waals surface area contributed by atoms with Crippen molar-refractivity contribution in [3.63, 3.8) is 0 Å². The Balaban J connectivity index is 1.84. The SMILES string of the molecule is CC[C@@H]1Oc2ccccc2C(=O)N(CC(=O)c2ccc(OC(C)C)cc2)C1=O. The van der Waals surface area contributed by atoms with Crippen molar-refractivity contribution in [2.24, 2.45) is 0 Å². The molecule has 2 amide bonds. The first-order valence-corrected chi connectivity index (χ1v) is 9.32. The highest BCUT2D eigenvalue weighted by atomic mass is 16.5. The van der Waals surface area contributed by atoms with Crippen molar-refractivity contribution in [3.05, 3.63) is 59.7 Å². The molecule has 28 heavy (non-hydrogen) atoms. The first-order valence-electron chi connectivity index (χ1n) is 9.32. The highest BCUT2D eigenvalue weighted by molar-refractivity contribution is 6.12. The predicted octanol–water partition coefficient (Wildman–Crippen LogP) is 3.50. The lowest BCUT2D eigenvalue weighted by molar-refractivity contribution is -0.135. The van der Waals surface area contributed by atoms with Crippen LogP contribution in [0.4, 0.5) is 0 Å². The van der Waals surface area contributed by atoms with E-state index in [9.17, 15) is 14.4 Å². The van der Waals surface area contributed by atoms with Crippen LogP contribution in [0, 0.1) is 0 Å². The third-order valence-electron chi connectivity index (χ3n) is 4.39. The summed E-state index contributed by atoms with van der Waals surface area (Å²) < 4.78 is 11.3. The molecule has 0 aromatic heterocycles. The first kappa shape index (κ1) is 19.6. The molecule has 1 aliphatic heterocycles. The van der Waals surface area contributed by atoms with Gasteiger partial charge in [-0.25, -0.2) is 0 Å². The molecule has 2 aromatic rings. The van der Waals surface area contributed by atoms with Crippen LogP contribution < -0.4 is 9.47 Å². The molecule has 6 heteroatoms. The average Bonchev–Trinajstić information content (AvgIpc) is 2.78. The molecule has 146 valence electrons. The van der Waals surface area contributed by atoms with Gasteiger partial charge >= 0.3 is 0 Å². The summed E-state index contributed by atoms with van der Waals surface area (Å²) in [4.78, 5) is 39.4. The van der Waals surface area contributed by atoms with Gasteiger partial charge in [0.15, 0.2) is 11.9 Å². The molecule has 2 aromatic carbocycles. The molecule has 0 unspecified atom stereocenters. The zero-order valence-corrected chi connectivity index (χ0v) is 16.2. The number of Topliss-reactive ketones (excluding diaryl/α,β-unsaturated/α-hetero) is 1. The Bertz CT molecular complexity index is 888. The van der Waals surface area contributed by atoms with E-state index in [2.05, 4.69) is 0 Å². The molecule has 3 rings (SSSR count). The maximum absolute atomic E-state index is 12.9. The number of carbonyl (C=O) groups is 3. The summed E-state index contributed by atoms with van der Waals surface area (Å²) in [5, 5.41) is 0. The van der Waals surface area contributed by atoms with E-state index in [1.165, 1.54) is 0 Å². The van der Waals surface area contributed by atoms with Crippen LogP contribution in [0.5, 0.6) is 11.5 Å². The molecule has 0 saturated carbocycles. The molecule has 0 N–H and O–H groups in total. The predicted molar refractivity (Wildman–Crippen MR) is 104 cm³/mol. The molecule has 0 aliphatic carbocycles. The number of amides is 2. The van der Waals surface area contributed by atoms with Gasteiger partial charge in [-0.3, -0.25) is 19.3 Å². The fourth-order valence-electron chi connectivity index (χ4n) is 3.00. The van der Waals surface area contributed by atoms with E-state index in [-0.39, 0.29) is 24.0 Å². The molecular formula is C22H23NO5. The largest absolute Gasteiger partial charge is 0.491 e. The van der Waals surface area contributed by atoms with Gasteiger partial charge in [0, 0.05) is 5.56 Å². The summed E-state index contributed by atoms with van der Waals surface area (Å²) in [7, 11) is 0. The molecule has 0 saturated heterocycles. The van der Waals surface area contributed by atoms with Crippen LogP contribution in [0.3, 0.4) is 0 Å². The number of rotatable bonds is 6. The molecule has 1 heterocycles. The van der Waals surface area contributed by atoms with Gasteiger partial charge in [0.05, 0.1) is 18.2 Å². The lowest BCUT2D eigenvalue weighted by Gasteiger charge is -2.21. The van der Waals surface area contributed by atoms with Gasteiger partial charge in [-0.05, 0) is 56.7 Å². The van der Waals surface area contributed by atoms with Gasteiger partial charge in [0.2, 0.25) is 0 Å². The van der Waals surface area contributed by atoms with Gasteiger partial charge in [0.25, 0.3) is 11.8 Å². The smallest absolute Gasteiger partial charge is 0.270 e. The molecule has 0 radical (unpaired) electrons. The van der Waals surface area contributed by atoms with E-state index in [1.54, 1.807) is 55.5 Å². The molecule has 1 atom stereocenters. The van der Waals surface area contributed by atoms with Gasteiger partial charge in [-0.2, -0.15) is 0 Å². The van der Waals surface area contributed by atoms with Crippen molar-refractivity contribution >= 4 is 17.6 Å². The normalized spacial score (nSPS) is 16.4. The summed E-state index contributed by atoms with van der Waals surface area (Å²) in [6.07, 6.45) is -0.381. The highest BCUT2D eigenvalue weighted by Gasteiger charge is 2.36. The van der Waals surface area contributed by atoms with E-state index >= 15 is 0 Å². The lowest BCUT2D eigenvalue weighted by Crippen LogP contribution is -2.45. The summed E-state index contributed by atoms with van der Waals surface area (Å²) in [6, 6.07) is 13.4. The number of imide groups is 1. The van der Waals surface area contributed by atoms with E-state index in [1.807, 2.05) is 13.8 Å². The Hall–Kier alpha value is -3.15. The minimum Gasteiger partial charge on any atom is -0.491 e. The van der Waals surface area contributed by atoms with Gasteiger partial charge < -0.3 is 9.47 Å². The second-order valence-corrected chi connectivity index (χ2v) is 6.85. The van der Waals surface area contributed by atoms with E-state index in [0.29, 0.717) is 23.5 Å².